The molecule has 2 aliphatic heterocycles. The van der Waals surface area contributed by atoms with E-state index in [1.54, 1.807) is 6.08 Å². The smallest absolute Gasteiger partial charge is 0.334 e. The van der Waals surface area contributed by atoms with Crippen molar-refractivity contribution in [3.8, 4) is 0 Å². The molecule has 258 valence electrons. The fraction of sp³-hybridized carbons (Fsp3) is 0.919. The molecular weight excluding hydrogens is 556 g/mol. The van der Waals surface area contributed by atoms with E-state index in [2.05, 4.69) is 6.92 Å². The lowest BCUT2D eigenvalue weighted by Gasteiger charge is -2.22. The highest BCUT2D eigenvalue weighted by Crippen LogP contribution is 2.28. The minimum absolute atomic E-state index is 0.148. The number of unbranched alkanes of at least 4 members (excludes halogenated alkanes) is 14. The molecule has 2 rings (SSSR count). The first-order valence-electron chi connectivity index (χ1n) is 18.6. The van der Waals surface area contributed by atoms with Crippen LogP contribution in [0, 0.1) is 0 Å². The first-order chi connectivity index (χ1) is 21.3. The van der Waals surface area contributed by atoms with Gasteiger partial charge in [0.15, 0.2) is 0 Å². The monoisotopic (exact) mass is 624 g/mol. The summed E-state index contributed by atoms with van der Waals surface area (Å²) in [6.07, 6.45) is 25.2. The van der Waals surface area contributed by atoms with E-state index in [0.717, 1.165) is 70.6 Å². The Balaban J connectivity index is 1.40. The maximum atomic E-state index is 11.7. The summed E-state index contributed by atoms with van der Waals surface area (Å²) in [6, 6.07) is 0. The molecule has 0 amide bonds. The van der Waals surface area contributed by atoms with Crippen LogP contribution in [0.15, 0.2) is 11.6 Å². The number of aliphatic hydroxyl groups is 4. The van der Waals surface area contributed by atoms with Gasteiger partial charge < -0.3 is 29.9 Å². The molecule has 2 aliphatic rings. The fourth-order valence-corrected chi connectivity index (χ4v) is 6.77. The van der Waals surface area contributed by atoms with E-state index in [9.17, 15) is 25.2 Å². The topological polar surface area (TPSA) is 116 Å². The van der Waals surface area contributed by atoms with Gasteiger partial charge in [-0.1, -0.05) is 116 Å². The Hall–Kier alpha value is -0.990. The van der Waals surface area contributed by atoms with Crippen LogP contribution in [0.5, 0.6) is 0 Å². The second kappa shape index (κ2) is 24.2. The summed E-state index contributed by atoms with van der Waals surface area (Å²) in [6.45, 7) is 4.08. The molecule has 0 aromatic rings. The maximum Gasteiger partial charge on any atom is 0.334 e. The van der Waals surface area contributed by atoms with Gasteiger partial charge in [0.2, 0.25) is 0 Å². The van der Waals surface area contributed by atoms with Gasteiger partial charge in [-0.15, -0.1) is 0 Å². The Morgan fingerprint density at radius 2 is 1.05 bits per heavy atom. The molecular formula is C37H68O7. The molecule has 0 radical (unpaired) electrons. The highest BCUT2D eigenvalue weighted by Gasteiger charge is 2.34. The van der Waals surface area contributed by atoms with Crippen LogP contribution in [0.1, 0.15) is 174 Å². The van der Waals surface area contributed by atoms with Crippen molar-refractivity contribution in [2.45, 2.75) is 217 Å². The molecule has 0 aliphatic carbocycles. The number of esters is 1. The van der Waals surface area contributed by atoms with Gasteiger partial charge in [0.05, 0.1) is 36.6 Å². The van der Waals surface area contributed by atoms with E-state index in [1.807, 2.05) is 6.92 Å². The molecule has 4 N–H and O–H groups in total. The van der Waals surface area contributed by atoms with Crippen LogP contribution < -0.4 is 0 Å². The Bertz CT molecular complexity index is 756. The van der Waals surface area contributed by atoms with Crippen molar-refractivity contribution in [2.24, 2.45) is 0 Å². The molecule has 0 saturated carbocycles. The van der Waals surface area contributed by atoms with Crippen LogP contribution in [0.25, 0.3) is 0 Å². The van der Waals surface area contributed by atoms with Gasteiger partial charge in [-0.3, -0.25) is 0 Å². The molecule has 1 saturated heterocycles. The average Bonchev–Trinajstić information content (AvgIpc) is 3.61. The molecule has 7 atom stereocenters. The molecule has 0 bridgehead atoms. The number of cyclic esters (lactones) is 1. The van der Waals surface area contributed by atoms with E-state index >= 15 is 0 Å². The quantitative estimate of drug-likeness (QED) is 0.0518. The average molecular weight is 625 g/mol. The van der Waals surface area contributed by atoms with Gasteiger partial charge in [-0.05, 0) is 57.9 Å². The van der Waals surface area contributed by atoms with Crippen LogP contribution in [-0.4, -0.2) is 69.1 Å². The van der Waals surface area contributed by atoms with Crippen LogP contribution >= 0.6 is 0 Å². The van der Waals surface area contributed by atoms with Crippen molar-refractivity contribution >= 4 is 5.97 Å². The first-order valence-corrected chi connectivity index (χ1v) is 18.6. The number of carbonyl (C=O) groups excluding carboxylic acids is 1. The van der Waals surface area contributed by atoms with Gasteiger partial charge in [0.25, 0.3) is 0 Å². The Kier molecular flexibility index (Phi) is 21.6. The van der Waals surface area contributed by atoms with E-state index in [-0.39, 0.29) is 30.4 Å². The minimum atomic E-state index is -0.531. The van der Waals surface area contributed by atoms with Crippen molar-refractivity contribution in [1.29, 1.82) is 0 Å². The molecule has 0 aromatic carbocycles. The van der Waals surface area contributed by atoms with E-state index in [4.69, 9.17) is 9.47 Å². The number of hydrogen-bond donors (Lipinski definition) is 4. The molecule has 0 spiro atoms. The fourth-order valence-electron chi connectivity index (χ4n) is 6.77. The molecule has 7 nitrogen and oxygen atoms in total. The zero-order valence-electron chi connectivity index (χ0n) is 28.3. The molecule has 2 heterocycles. The highest BCUT2D eigenvalue weighted by molar-refractivity contribution is 5.90. The maximum absolute atomic E-state index is 11.7. The number of aliphatic hydroxyl groups excluding tert-OH is 4. The number of ether oxygens (including phenoxy) is 2. The number of rotatable bonds is 28. The molecule has 0 unspecified atom stereocenters. The molecule has 1 fully saturated rings. The number of hydrogen-bond acceptors (Lipinski definition) is 7. The van der Waals surface area contributed by atoms with Gasteiger partial charge in [-0.2, -0.15) is 0 Å². The second-order valence-electron chi connectivity index (χ2n) is 13.8. The van der Waals surface area contributed by atoms with Crippen molar-refractivity contribution < 1.29 is 34.7 Å². The van der Waals surface area contributed by atoms with Gasteiger partial charge in [-0.25, -0.2) is 4.79 Å². The van der Waals surface area contributed by atoms with Crippen molar-refractivity contribution in [2.75, 3.05) is 0 Å². The zero-order valence-corrected chi connectivity index (χ0v) is 28.3. The highest BCUT2D eigenvalue weighted by atomic mass is 16.5. The Labute approximate surface area is 269 Å². The molecule has 44 heavy (non-hydrogen) atoms. The van der Waals surface area contributed by atoms with Crippen LogP contribution in [0.4, 0.5) is 0 Å². The largest absolute Gasteiger partial charge is 0.455 e. The minimum Gasteiger partial charge on any atom is -0.455 e. The summed E-state index contributed by atoms with van der Waals surface area (Å²) in [5, 5.41) is 41.8. The molecule has 7 heteroatoms. The second-order valence-corrected chi connectivity index (χ2v) is 13.8. The van der Waals surface area contributed by atoms with E-state index < -0.39 is 18.3 Å². The molecule has 0 aromatic heterocycles. The predicted octanol–water partition coefficient (Wildman–Crippen LogP) is 7.84. The van der Waals surface area contributed by atoms with Gasteiger partial charge >= 0.3 is 5.97 Å². The van der Waals surface area contributed by atoms with Crippen LogP contribution in [-0.2, 0) is 14.3 Å². The predicted molar refractivity (Wildman–Crippen MR) is 177 cm³/mol. The summed E-state index contributed by atoms with van der Waals surface area (Å²) in [5.41, 5.74) is 0.576. The van der Waals surface area contributed by atoms with Gasteiger partial charge in [0, 0.05) is 12.0 Å². The summed E-state index contributed by atoms with van der Waals surface area (Å²) in [7, 11) is 0. The summed E-state index contributed by atoms with van der Waals surface area (Å²) >= 11 is 0. The van der Waals surface area contributed by atoms with E-state index in [0.29, 0.717) is 24.8 Å². The third-order valence-corrected chi connectivity index (χ3v) is 9.61. The van der Waals surface area contributed by atoms with Crippen LogP contribution in [0.3, 0.4) is 0 Å². The summed E-state index contributed by atoms with van der Waals surface area (Å²) in [4.78, 5) is 11.7. The Morgan fingerprint density at radius 1 is 0.636 bits per heavy atom. The lowest BCUT2D eigenvalue weighted by molar-refractivity contribution is -0.139. The van der Waals surface area contributed by atoms with Crippen molar-refractivity contribution in [3.63, 3.8) is 0 Å². The summed E-state index contributed by atoms with van der Waals surface area (Å²) in [5.74, 6) is -0.314. The Morgan fingerprint density at radius 3 is 1.55 bits per heavy atom. The lowest BCUT2D eigenvalue weighted by Crippen LogP contribution is -2.31. The number of carbonyl (C=O) groups is 1. The van der Waals surface area contributed by atoms with Crippen molar-refractivity contribution in [1.82, 2.24) is 0 Å². The van der Waals surface area contributed by atoms with Crippen LogP contribution in [0.2, 0.25) is 0 Å². The third-order valence-electron chi connectivity index (χ3n) is 9.61. The van der Waals surface area contributed by atoms with Gasteiger partial charge in [0.1, 0.15) is 6.10 Å². The third kappa shape index (κ3) is 17.6. The lowest BCUT2D eigenvalue weighted by atomic mass is 9.99. The van der Waals surface area contributed by atoms with Crippen molar-refractivity contribution in [3.05, 3.63) is 11.6 Å². The SMILES string of the molecule is CCCCCCCCCCCCCC[C@@H](O)[C@H]1CC[C@H]([C@H](O)CCCC[C@@H](O)CCCCC[C@@H](O)CC2=C[C@H](C)OC2=O)O1. The zero-order chi connectivity index (χ0) is 32.0. The summed E-state index contributed by atoms with van der Waals surface area (Å²) < 4.78 is 11.1. The first kappa shape index (κ1) is 39.2. The standard InChI is InChI=1S/C37H68O7/c1-3-4-5-6-7-8-9-10-11-12-13-17-23-33(40)35-25-26-36(44-35)34(41)24-19-18-21-31(38)20-15-14-16-22-32(39)28-30-27-29(2)43-37(30)42/h27,29,31-36,38-41H,3-26,28H2,1-2H3/t29-,31-,32+,33+,34+,35+,36+/m0/s1. The van der Waals surface area contributed by atoms with E-state index in [1.165, 1.54) is 70.6 Å². The normalized spacial score (nSPS) is 23.0.